The minimum atomic E-state index is -0.870. The Labute approximate surface area is 232 Å². The van der Waals surface area contributed by atoms with Crippen molar-refractivity contribution < 1.29 is 18.3 Å². The number of likely N-dealkylation sites (N-methyl/N-ethyl adjacent to an activating group) is 1. The predicted molar refractivity (Wildman–Crippen MR) is 145 cm³/mol. The van der Waals surface area contributed by atoms with Gasteiger partial charge in [-0.25, -0.2) is 28.1 Å². The molecule has 1 amide bonds. The molecule has 2 aliphatic rings. The standard InChI is InChI=1S/C29H26F2N6O4/c1-35-11-10-21-24(15-35)32-16-33-27(21)41-25-9-6-19(12-23(25)31)34-26(38)22-14-36(13-17-2-3-17)29(40)37(28(22)39)20-7-4-18(30)5-8-20/h4-9,12,14,16-17H,2-3,10-11,13,15H2,1H3,(H,34,38). The fourth-order valence-electron chi connectivity index (χ4n) is 4.79. The topological polar surface area (TPSA) is 111 Å². The summed E-state index contributed by atoms with van der Waals surface area (Å²) in [4.78, 5) is 50.3. The van der Waals surface area contributed by atoms with E-state index in [1.807, 2.05) is 7.05 Å². The SMILES string of the molecule is CN1CCc2c(ncnc2Oc2ccc(NC(=O)c3cn(CC4CC4)c(=O)n(-c4ccc(F)cc4)c3=O)cc2F)C1. The summed E-state index contributed by atoms with van der Waals surface area (Å²) in [6.07, 6.45) is 5.14. The van der Waals surface area contributed by atoms with E-state index in [-0.39, 0.29) is 34.5 Å². The summed E-state index contributed by atoms with van der Waals surface area (Å²) in [5.74, 6) is -1.64. The number of nitrogens with one attached hydrogen (secondary N) is 1. The van der Waals surface area contributed by atoms with E-state index in [9.17, 15) is 18.8 Å². The highest BCUT2D eigenvalue weighted by atomic mass is 19.1. The Kier molecular flexibility index (Phi) is 6.91. The van der Waals surface area contributed by atoms with Crippen LogP contribution in [0.25, 0.3) is 5.69 Å². The van der Waals surface area contributed by atoms with Crippen LogP contribution in [-0.2, 0) is 19.5 Å². The molecule has 10 nitrogen and oxygen atoms in total. The van der Waals surface area contributed by atoms with Crippen molar-refractivity contribution in [1.82, 2.24) is 24.0 Å². The second kappa shape index (κ2) is 10.7. The van der Waals surface area contributed by atoms with Crippen molar-refractivity contribution >= 4 is 11.6 Å². The van der Waals surface area contributed by atoms with E-state index in [0.29, 0.717) is 19.5 Å². The molecule has 1 aliphatic carbocycles. The number of amides is 1. The van der Waals surface area contributed by atoms with Gasteiger partial charge in [-0.3, -0.25) is 14.2 Å². The summed E-state index contributed by atoms with van der Waals surface area (Å²) in [5, 5.41) is 2.53. The Morgan fingerprint density at radius 1 is 1.10 bits per heavy atom. The maximum absolute atomic E-state index is 15.1. The van der Waals surface area contributed by atoms with Crippen molar-refractivity contribution in [2.75, 3.05) is 18.9 Å². The number of hydrogen-bond donors (Lipinski definition) is 1. The monoisotopic (exact) mass is 560 g/mol. The van der Waals surface area contributed by atoms with E-state index in [1.54, 1.807) is 0 Å². The number of nitrogens with zero attached hydrogens (tertiary/aromatic N) is 5. The molecule has 4 aromatic rings. The minimum absolute atomic E-state index is 0.0823. The maximum Gasteiger partial charge on any atom is 0.335 e. The third kappa shape index (κ3) is 5.50. The van der Waals surface area contributed by atoms with Gasteiger partial charge < -0.3 is 15.0 Å². The Balaban J connectivity index is 1.27. The highest BCUT2D eigenvalue weighted by Gasteiger charge is 2.26. The summed E-state index contributed by atoms with van der Waals surface area (Å²) in [6.45, 7) is 1.77. The second-order valence-electron chi connectivity index (χ2n) is 10.3. The van der Waals surface area contributed by atoms with Crippen LogP contribution in [0, 0.1) is 17.6 Å². The number of rotatable bonds is 7. The molecule has 210 valence electrons. The fourth-order valence-corrected chi connectivity index (χ4v) is 4.79. The van der Waals surface area contributed by atoms with Gasteiger partial charge in [-0.1, -0.05) is 0 Å². The van der Waals surface area contributed by atoms with Gasteiger partial charge in [-0.15, -0.1) is 0 Å². The lowest BCUT2D eigenvalue weighted by molar-refractivity contribution is 0.102. The maximum atomic E-state index is 15.1. The molecule has 3 heterocycles. The van der Waals surface area contributed by atoms with Crippen molar-refractivity contribution in [2.45, 2.75) is 32.4 Å². The first-order valence-corrected chi connectivity index (χ1v) is 13.2. The molecular formula is C29H26F2N6O4. The molecule has 1 fully saturated rings. The van der Waals surface area contributed by atoms with Crippen LogP contribution < -0.4 is 21.3 Å². The molecule has 2 aromatic heterocycles. The lowest BCUT2D eigenvalue weighted by atomic mass is 10.1. The van der Waals surface area contributed by atoms with Crippen LogP contribution in [-0.4, -0.2) is 43.5 Å². The number of ether oxygens (including phenoxy) is 1. The molecule has 12 heteroatoms. The zero-order chi connectivity index (χ0) is 28.7. The Morgan fingerprint density at radius 2 is 1.88 bits per heavy atom. The van der Waals surface area contributed by atoms with Gasteiger partial charge in [0.1, 0.15) is 17.7 Å². The highest BCUT2D eigenvalue weighted by molar-refractivity contribution is 6.03. The summed E-state index contributed by atoms with van der Waals surface area (Å²) in [6, 6.07) is 8.72. The number of fused-ring (bicyclic) bond motifs is 1. The van der Waals surface area contributed by atoms with Crippen LogP contribution in [0.5, 0.6) is 11.6 Å². The molecule has 0 spiro atoms. The van der Waals surface area contributed by atoms with Crippen molar-refractivity contribution in [2.24, 2.45) is 5.92 Å². The summed E-state index contributed by atoms with van der Waals surface area (Å²) in [7, 11) is 1.98. The average Bonchev–Trinajstić information content (AvgIpc) is 3.77. The van der Waals surface area contributed by atoms with Crippen LogP contribution in [0.4, 0.5) is 14.5 Å². The van der Waals surface area contributed by atoms with Crippen LogP contribution in [0.15, 0.2) is 64.6 Å². The number of carbonyl (C=O) groups excluding carboxylic acids is 1. The first-order chi connectivity index (χ1) is 19.8. The van der Waals surface area contributed by atoms with E-state index < -0.39 is 28.8 Å². The van der Waals surface area contributed by atoms with Gasteiger partial charge in [-0.2, -0.15) is 0 Å². The van der Waals surface area contributed by atoms with Gasteiger partial charge >= 0.3 is 5.69 Å². The fraction of sp³-hybridized carbons (Fsp3) is 0.276. The first-order valence-electron chi connectivity index (χ1n) is 13.2. The molecule has 0 saturated heterocycles. The van der Waals surface area contributed by atoms with Crippen molar-refractivity contribution in [3.05, 3.63) is 104 Å². The molecule has 1 saturated carbocycles. The van der Waals surface area contributed by atoms with Crippen molar-refractivity contribution in [3.8, 4) is 17.3 Å². The molecule has 41 heavy (non-hydrogen) atoms. The quantitative estimate of drug-likeness (QED) is 0.368. The van der Waals surface area contributed by atoms with Crippen LogP contribution in [0.2, 0.25) is 0 Å². The number of aromatic nitrogens is 4. The zero-order valence-corrected chi connectivity index (χ0v) is 22.1. The lowest BCUT2D eigenvalue weighted by Crippen LogP contribution is -2.42. The Bertz CT molecular complexity index is 1770. The van der Waals surface area contributed by atoms with E-state index in [1.165, 1.54) is 41.4 Å². The predicted octanol–water partition coefficient (Wildman–Crippen LogP) is 3.51. The Morgan fingerprint density at radius 3 is 2.61 bits per heavy atom. The zero-order valence-electron chi connectivity index (χ0n) is 22.1. The van der Waals surface area contributed by atoms with Gasteiger partial charge in [0, 0.05) is 43.1 Å². The average molecular weight is 561 g/mol. The molecule has 6 rings (SSSR count). The van der Waals surface area contributed by atoms with Gasteiger partial charge in [0.15, 0.2) is 11.6 Å². The largest absolute Gasteiger partial charge is 0.436 e. The Hall–Kier alpha value is -4.71. The smallest absolute Gasteiger partial charge is 0.335 e. The highest BCUT2D eigenvalue weighted by Crippen LogP contribution is 2.31. The third-order valence-corrected chi connectivity index (χ3v) is 7.19. The van der Waals surface area contributed by atoms with E-state index >= 15 is 4.39 Å². The van der Waals surface area contributed by atoms with E-state index in [0.717, 1.165) is 53.4 Å². The summed E-state index contributed by atoms with van der Waals surface area (Å²) >= 11 is 0. The molecule has 0 bridgehead atoms. The minimum Gasteiger partial charge on any atom is -0.436 e. The van der Waals surface area contributed by atoms with Crippen LogP contribution in [0.1, 0.15) is 34.5 Å². The summed E-state index contributed by atoms with van der Waals surface area (Å²) < 4.78 is 36.5. The van der Waals surface area contributed by atoms with E-state index in [2.05, 4.69) is 20.2 Å². The number of benzene rings is 2. The number of hydrogen-bond acceptors (Lipinski definition) is 7. The number of anilines is 1. The summed E-state index contributed by atoms with van der Waals surface area (Å²) in [5.41, 5.74) is 0.0452. The van der Waals surface area contributed by atoms with Crippen LogP contribution in [0.3, 0.4) is 0 Å². The molecule has 1 N–H and O–H groups in total. The molecule has 0 unspecified atom stereocenters. The first kappa shape index (κ1) is 26.5. The molecule has 2 aromatic carbocycles. The van der Waals surface area contributed by atoms with Gasteiger partial charge in [-0.05, 0) is 68.6 Å². The van der Waals surface area contributed by atoms with E-state index in [4.69, 9.17) is 4.74 Å². The number of carbonyl (C=O) groups is 1. The van der Waals surface area contributed by atoms with Crippen molar-refractivity contribution in [1.29, 1.82) is 0 Å². The van der Waals surface area contributed by atoms with Gasteiger partial charge in [0.25, 0.3) is 11.5 Å². The van der Waals surface area contributed by atoms with Crippen LogP contribution >= 0.6 is 0 Å². The second-order valence-corrected chi connectivity index (χ2v) is 10.3. The number of halogens is 2. The molecule has 1 aliphatic heterocycles. The molecule has 0 radical (unpaired) electrons. The van der Waals surface area contributed by atoms with Gasteiger partial charge in [0.05, 0.1) is 11.4 Å². The third-order valence-electron chi connectivity index (χ3n) is 7.19. The van der Waals surface area contributed by atoms with Gasteiger partial charge in [0.2, 0.25) is 5.88 Å². The van der Waals surface area contributed by atoms with Crippen molar-refractivity contribution in [3.63, 3.8) is 0 Å². The molecular weight excluding hydrogens is 534 g/mol. The lowest BCUT2D eigenvalue weighted by Gasteiger charge is -2.24. The molecule has 0 atom stereocenters. The normalized spacial score (nSPS) is 14.9.